The van der Waals surface area contributed by atoms with Crippen LogP contribution in [-0.2, 0) is 6.18 Å². The molecule has 0 aliphatic heterocycles. The molecule has 9 heteroatoms. The van der Waals surface area contributed by atoms with E-state index >= 15 is 0 Å². The number of ether oxygens (including phenoxy) is 2. The lowest BCUT2D eigenvalue weighted by Gasteiger charge is -2.13. The predicted molar refractivity (Wildman–Crippen MR) is 92.2 cm³/mol. The first-order chi connectivity index (χ1) is 12.3. The predicted octanol–water partition coefficient (Wildman–Crippen LogP) is 6.15. The number of nitrogens with zero attached hydrogens (tertiary/aromatic N) is 2. The molecule has 0 atom stereocenters. The SMILES string of the molecule is CCOc1ccc(Oc2nc3cc(Cl)c(Cl)cc3nc2C(F)(F)F)cc1. The largest absolute Gasteiger partial charge is 0.494 e. The van der Waals surface area contributed by atoms with Crippen LogP contribution in [0.3, 0.4) is 0 Å². The van der Waals surface area contributed by atoms with E-state index in [1.165, 1.54) is 24.3 Å². The second-order valence-electron chi connectivity index (χ2n) is 5.14. The zero-order chi connectivity index (χ0) is 18.9. The van der Waals surface area contributed by atoms with E-state index in [2.05, 4.69) is 9.97 Å². The molecule has 3 aromatic rings. The Morgan fingerprint density at radius 1 is 0.923 bits per heavy atom. The number of rotatable bonds is 4. The minimum absolute atomic E-state index is 0.0363. The van der Waals surface area contributed by atoms with Crippen molar-refractivity contribution in [3.63, 3.8) is 0 Å². The normalized spacial score (nSPS) is 11.6. The standard InChI is InChI=1S/C17H11Cl2F3N2O2/c1-2-25-9-3-5-10(6-4-9)26-16-15(17(20,21)22)23-13-7-11(18)12(19)8-14(13)24-16/h3-8H,2H2,1H3. The third-order valence-corrected chi connectivity index (χ3v) is 4.01. The number of halogens is 5. The van der Waals surface area contributed by atoms with Crippen molar-refractivity contribution in [1.29, 1.82) is 0 Å². The average molecular weight is 403 g/mol. The van der Waals surface area contributed by atoms with Crippen molar-refractivity contribution in [2.45, 2.75) is 13.1 Å². The molecule has 0 aliphatic carbocycles. The zero-order valence-corrected chi connectivity index (χ0v) is 14.8. The lowest BCUT2D eigenvalue weighted by atomic mass is 10.2. The minimum Gasteiger partial charge on any atom is -0.494 e. The van der Waals surface area contributed by atoms with E-state index in [4.69, 9.17) is 32.7 Å². The third kappa shape index (κ3) is 3.94. The van der Waals surface area contributed by atoms with Gasteiger partial charge < -0.3 is 9.47 Å². The number of benzene rings is 2. The Morgan fingerprint density at radius 3 is 2.00 bits per heavy atom. The maximum atomic E-state index is 13.4. The van der Waals surface area contributed by atoms with E-state index in [9.17, 15) is 13.2 Å². The summed E-state index contributed by atoms with van der Waals surface area (Å²) in [6.07, 6.45) is -4.76. The minimum atomic E-state index is -4.76. The maximum absolute atomic E-state index is 13.4. The molecule has 1 aromatic heterocycles. The number of alkyl halides is 3. The van der Waals surface area contributed by atoms with Crippen LogP contribution in [0.1, 0.15) is 12.6 Å². The fourth-order valence-electron chi connectivity index (χ4n) is 2.17. The summed E-state index contributed by atoms with van der Waals surface area (Å²) in [6, 6.07) is 8.67. The van der Waals surface area contributed by atoms with Gasteiger partial charge in [-0.05, 0) is 43.3 Å². The molecular formula is C17H11Cl2F3N2O2. The topological polar surface area (TPSA) is 44.2 Å². The maximum Gasteiger partial charge on any atom is 0.438 e. The van der Waals surface area contributed by atoms with Crippen LogP contribution in [0.25, 0.3) is 11.0 Å². The second-order valence-corrected chi connectivity index (χ2v) is 5.95. The monoisotopic (exact) mass is 402 g/mol. The molecule has 0 aliphatic rings. The molecule has 4 nitrogen and oxygen atoms in total. The summed E-state index contributed by atoms with van der Waals surface area (Å²) in [7, 11) is 0. The van der Waals surface area contributed by atoms with Crippen LogP contribution < -0.4 is 9.47 Å². The molecule has 0 fully saturated rings. The van der Waals surface area contributed by atoms with Gasteiger partial charge in [0.15, 0.2) is 0 Å². The summed E-state index contributed by atoms with van der Waals surface area (Å²) in [6.45, 7) is 2.29. The highest BCUT2D eigenvalue weighted by Crippen LogP contribution is 2.38. The van der Waals surface area contributed by atoms with Crippen molar-refractivity contribution in [2.24, 2.45) is 0 Å². The number of fused-ring (bicyclic) bond motifs is 1. The number of hydrogen-bond donors (Lipinski definition) is 0. The van der Waals surface area contributed by atoms with Gasteiger partial charge in [-0.1, -0.05) is 23.2 Å². The van der Waals surface area contributed by atoms with Crippen molar-refractivity contribution in [2.75, 3.05) is 6.61 Å². The quantitative estimate of drug-likeness (QED) is 0.525. The third-order valence-electron chi connectivity index (χ3n) is 3.29. The molecule has 136 valence electrons. The summed E-state index contributed by atoms with van der Waals surface area (Å²) in [5.41, 5.74) is -1.16. The summed E-state index contributed by atoms with van der Waals surface area (Å²) >= 11 is 11.7. The van der Waals surface area contributed by atoms with E-state index in [0.717, 1.165) is 0 Å². The van der Waals surface area contributed by atoms with Crippen LogP contribution in [0, 0.1) is 0 Å². The lowest BCUT2D eigenvalue weighted by Crippen LogP contribution is -2.11. The van der Waals surface area contributed by atoms with E-state index < -0.39 is 17.8 Å². The van der Waals surface area contributed by atoms with Crippen molar-refractivity contribution in [3.05, 3.63) is 52.1 Å². The van der Waals surface area contributed by atoms with Crippen LogP contribution >= 0.6 is 23.2 Å². The van der Waals surface area contributed by atoms with Gasteiger partial charge in [0, 0.05) is 0 Å². The lowest BCUT2D eigenvalue weighted by molar-refractivity contribution is -0.142. The van der Waals surface area contributed by atoms with Gasteiger partial charge in [0.05, 0.1) is 27.7 Å². The van der Waals surface area contributed by atoms with Crippen LogP contribution in [0.2, 0.25) is 10.0 Å². The molecular weight excluding hydrogens is 392 g/mol. The van der Waals surface area contributed by atoms with Gasteiger partial charge in [-0.2, -0.15) is 13.2 Å². The van der Waals surface area contributed by atoms with E-state index in [1.54, 1.807) is 12.1 Å². The molecule has 0 bridgehead atoms. The first-order valence-corrected chi connectivity index (χ1v) is 8.18. The molecule has 0 amide bonds. The van der Waals surface area contributed by atoms with Gasteiger partial charge in [0.2, 0.25) is 5.69 Å². The van der Waals surface area contributed by atoms with Gasteiger partial charge in [0.1, 0.15) is 11.5 Å². The van der Waals surface area contributed by atoms with Gasteiger partial charge in [0.25, 0.3) is 5.88 Å². The van der Waals surface area contributed by atoms with Gasteiger partial charge >= 0.3 is 6.18 Å². The van der Waals surface area contributed by atoms with Crippen molar-refractivity contribution in [1.82, 2.24) is 9.97 Å². The first kappa shape index (κ1) is 18.5. The Balaban J connectivity index is 2.06. The average Bonchev–Trinajstić information content (AvgIpc) is 2.57. The highest BCUT2D eigenvalue weighted by molar-refractivity contribution is 6.42. The van der Waals surface area contributed by atoms with Crippen LogP contribution in [0.4, 0.5) is 13.2 Å². The molecule has 0 saturated carbocycles. The number of hydrogen-bond acceptors (Lipinski definition) is 4. The molecule has 3 rings (SSSR count). The summed E-state index contributed by atoms with van der Waals surface area (Å²) in [5.74, 6) is 0.0575. The Hall–Kier alpha value is -2.25. The van der Waals surface area contributed by atoms with E-state index in [0.29, 0.717) is 12.4 Å². The molecule has 0 unspecified atom stereocenters. The molecule has 0 N–H and O–H groups in total. The van der Waals surface area contributed by atoms with Gasteiger partial charge in [-0.15, -0.1) is 0 Å². The summed E-state index contributed by atoms with van der Waals surface area (Å²) in [5, 5.41) is 0.238. The fraction of sp³-hybridized carbons (Fsp3) is 0.176. The Kier molecular flexibility index (Phi) is 5.11. The molecule has 0 radical (unpaired) electrons. The molecule has 26 heavy (non-hydrogen) atoms. The van der Waals surface area contributed by atoms with Crippen LogP contribution in [-0.4, -0.2) is 16.6 Å². The van der Waals surface area contributed by atoms with E-state index in [1.807, 2.05) is 6.92 Å². The Labute approximate surface area is 156 Å². The van der Waals surface area contributed by atoms with Gasteiger partial charge in [-0.25, -0.2) is 9.97 Å². The van der Waals surface area contributed by atoms with Gasteiger partial charge in [-0.3, -0.25) is 0 Å². The van der Waals surface area contributed by atoms with Crippen LogP contribution in [0.5, 0.6) is 17.4 Å². The molecule has 0 spiro atoms. The summed E-state index contributed by atoms with van der Waals surface area (Å²) in [4.78, 5) is 7.53. The molecule has 1 heterocycles. The first-order valence-electron chi connectivity index (χ1n) is 7.42. The second kappa shape index (κ2) is 7.17. The highest BCUT2D eigenvalue weighted by Gasteiger charge is 2.38. The van der Waals surface area contributed by atoms with Crippen molar-refractivity contribution in [3.8, 4) is 17.4 Å². The fourth-order valence-corrected chi connectivity index (χ4v) is 2.49. The Morgan fingerprint density at radius 2 is 1.46 bits per heavy atom. The van der Waals surface area contributed by atoms with Crippen LogP contribution in [0.15, 0.2) is 36.4 Å². The zero-order valence-electron chi connectivity index (χ0n) is 13.3. The van der Waals surface area contributed by atoms with E-state index in [-0.39, 0.29) is 26.8 Å². The summed E-state index contributed by atoms with van der Waals surface area (Å²) < 4.78 is 50.7. The van der Waals surface area contributed by atoms with Crippen molar-refractivity contribution >= 4 is 34.2 Å². The molecule has 0 saturated heterocycles. The van der Waals surface area contributed by atoms with Crippen molar-refractivity contribution < 1.29 is 22.6 Å². The highest BCUT2D eigenvalue weighted by atomic mass is 35.5. The molecule has 2 aromatic carbocycles. The Bertz CT molecular complexity index is 947. The number of aromatic nitrogens is 2. The smallest absolute Gasteiger partial charge is 0.438 e.